The quantitative estimate of drug-likeness (QED) is 0.684. The number of benzene rings is 1. The Balaban J connectivity index is 2.08. The second-order valence-corrected chi connectivity index (χ2v) is 6.11. The van der Waals surface area contributed by atoms with Crippen molar-refractivity contribution in [2.75, 3.05) is 5.32 Å². The molecule has 0 fully saturated rings. The van der Waals surface area contributed by atoms with Crippen LogP contribution in [0.4, 0.5) is 10.1 Å². The van der Waals surface area contributed by atoms with Crippen LogP contribution in [0, 0.1) is 5.82 Å². The lowest BCUT2D eigenvalue weighted by atomic mass is 10.1. The van der Waals surface area contributed by atoms with Gasteiger partial charge in [0.2, 0.25) is 5.91 Å². The van der Waals surface area contributed by atoms with E-state index in [0.717, 1.165) is 25.7 Å². The number of nitrogens with two attached hydrogens (primary N) is 1. The molecule has 3 rings (SSSR count). The van der Waals surface area contributed by atoms with Gasteiger partial charge in [0.15, 0.2) is 0 Å². The van der Waals surface area contributed by atoms with Crippen LogP contribution in [0.2, 0.25) is 5.15 Å². The van der Waals surface area contributed by atoms with Crippen molar-refractivity contribution in [3.63, 3.8) is 0 Å². The van der Waals surface area contributed by atoms with Gasteiger partial charge in [0.05, 0.1) is 11.7 Å². The summed E-state index contributed by atoms with van der Waals surface area (Å²) in [5.41, 5.74) is 7.54. The molecule has 0 aliphatic carbocycles. The van der Waals surface area contributed by atoms with Crippen molar-refractivity contribution in [3.8, 4) is 11.3 Å². The Hall–Kier alpha value is -1.92. The van der Waals surface area contributed by atoms with Crippen LogP contribution in [0.25, 0.3) is 11.3 Å². The van der Waals surface area contributed by atoms with Gasteiger partial charge in [-0.25, -0.2) is 9.37 Å². The maximum absolute atomic E-state index is 13.6. The second-order valence-electron chi connectivity index (χ2n) is 5.73. The van der Waals surface area contributed by atoms with Gasteiger partial charge in [0, 0.05) is 12.0 Å². The average Bonchev–Trinajstić information content (AvgIpc) is 2.88. The highest BCUT2D eigenvalue weighted by atomic mass is 35.5. The minimum absolute atomic E-state index is 0.146. The van der Waals surface area contributed by atoms with Gasteiger partial charge < -0.3 is 16.0 Å². The summed E-state index contributed by atoms with van der Waals surface area (Å²) in [6.07, 6.45) is 3.74. The van der Waals surface area contributed by atoms with Crippen LogP contribution in [0.5, 0.6) is 0 Å². The van der Waals surface area contributed by atoms with Crippen LogP contribution in [0.1, 0.15) is 44.0 Å². The largest absolute Gasteiger partial charge is 0.331 e. The summed E-state index contributed by atoms with van der Waals surface area (Å²) in [7, 11) is 0. The maximum Gasteiger partial charge on any atom is 0.224 e. The molecule has 2 aromatic rings. The molecule has 1 aromatic heterocycles. The van der Waals surface area contributed by atoms with E-state index in [1.807, 2.05) is 0 Å². The monoisotopic (exact) mass is 336 g/mol. The van der Waals surface area contributed by atoms with E-state index in [-0.39, 0.29) is 11.9 Å². The number of hydrogen-bond donors (Lipinski definition) is 3. The minimum Gasteiger partial charge on any atom is -0.331 e. The third-order valence-corrected chi connectivity index (χ3v) is 4.23. The van der Waals surface area contributed by atoms with Gasteiger partial charge in [0.1, 0.15) is 22.5 Å². The predicted octanol–water partition coefficient (Wildman–Crippen LogP) is 3.77. The molecular formula is C16H18ClFN4O. The summed E-state index contributed by atoms with van der Waals surface area (Å²) < 4.78 is 13.6. The molecule has 2 heterocycles. The number of hydrogen-bond acceptors (Lipinski definition) is 3. The van der Waals surface area contributed by atoms with Crippen molar-refractivity contribution >= 4 is 23.2 Å². The molecule has 7 heteroatoms. The number of aromatic nitrogens is 2. The Kier molecular flexibility index (Phi) is 4.63. The topological polar surface area (TPSA) is 83.8 Å². The average molecular weight is 337 g/mol. The number of nitrogens with zero attached hydrogens (tertiary/aromatic N) is 1. The molecule has 0 saturated heterocycles. The van der Waals surface area contributed by atoms with E-state index in [9.17, 15) is 9.18 Å². The second kappa shape index (κ2) is 6.68. The molecule has 1 amide bonds. The third-order valence-electron chi connectivity index (χ3n) is 3.96. The molecule has 1 aliphatic rings. The van der Waals surface area contributed by atoms with Gasteiger partial charge in [-0.2, -0.15) is 0 Å². The van der Waals surface area contributed by atoms with Gasteiger partial charge >= 0.3 is 0 Å². The van der Waals surface area contributed by atoms with Gasteiger partial charge in [-0.15, -0.1) is 0 Å². The summed E-state index contributed by atoms with van der Waals surface area (Å²) in [6, 6.07) is 3.90. The number of halogens is 2. The Morgan fingerprint density at radius 1 is 1.30 bits per heavy atom. The number of fused-ring (bicyclic) bond motifs is 4. The van der Waals surface area contributed by atoms with Crippen LogP contribution >= 0.6 is 11.6 Å². The van der Waals surface area contributed by atoms with Crippen molar-refractivity contribution in [1.82, 2.24) is 9.97 Å². The zero-order valence-electron chi connectivity index (χ0n) is 12.5. The lowest BCUT2D eigenvalue weighted by Gasteiger charge is -2.10. The molecule has 0 saturated carbocycles. The number of H-pyrrole nitrogens is 1. The van der Waals surface area contributed by atoms with Crippen molar-refractivity contribution in [1.29, 1.82) is 0 Å². The third kappa shape index (κ3) is 3.54. The first kappa shape index (κ1) is 16.0. The Labute approximate surface area is 138 Å². The maximum atomic E-state index is 13.6. The predicted molar refractivity (Wildman–Crippen MR) is 87.6 cm³/mol. The van der Waals surface area contributed by atoms with Crippen LogP contribution in [-0.4, -0.2) is 15.9 Å². The number of amides is 1. The minimum atomic E-state index is -0.433. The number of carbonyl (C=O) groups excluding carboxylic acids is 1. The highest BCUT2D eigenvalue weighted by molar-refractivity contribution is 6.32. The summed E-state index contributed by atoms with van der Waals surface area (Å²) in [5.74, 6) is 0.0232. The smallest absolute Gasteiger partial charge is 0.224 e. The van der Waals surface area contributed by atoms with Crippen LogP contribution in [0.3, 0.4) is 0 Å². The summed E-state index contributed by atoms with van der Waals surface area (Å²) in [6.45, 7) is 0. The molecule has 4 N–H and O–H groups in total. The number of rotatable bonds is 0. The normalized spacial score (nSPS) is 19.1. The summed E-state index contributed by atoms with van der Waals surface area (Å²) >= 11 is 6.24. The lowest BCUT2D eigenvalue weighted by Crippen LogP contribution is -2.12. The molecule has 23 heavy (non-hydrogen) atoms. The fraction of sp³-hybridized carbons (Fsp3) is 0.375. The molecule has 1 aromatic carbocycles. The first-order chi connectivity index (χ1) is 11.0. The zero-order valence-corrected chi connectivity index (χ0v) is 13.3. The molecular weight excluding hydrogens is 319 g/mol. The number of imidazole rings is 1. The number of aromatic amines is 1. The van der Waals surface area contributed by atoms with E-state index in [2.05, 4.69) is 15.3 Å². The van der Waals surface area contributed by atoms with Crippen LogP contribution in [-0.2, 0) is 4.79 Å². The van der Waals surface area contributed by atoms with Gasteiger partial charge in [-0.1, -0.05) is 24.4 Å². The molecule has 0 spiro atoms. The molecule has 1 unspecified atom stereocenters. The molecule has 5 nitrogen and oxygen atoms in total. The van der Waals surface area contributed by atoms with E-state index >= 15 is 0 Å². The zero-order chi connectivity index (χ0) is 16.4. The molecule has 1 aliphatic heterocycles. The highest BCUT2D eigenvalue weighted by Crippen LogP contribution is 2.34. The standard InChI is InChI=1S/C16H18ClFN4O/c17-15-14-10-7-6-9(18)8-12(10)20-13(23)5-3-1-2-4-11(19)16(21-14)22-15/h6-8,11H,1-5,19H2,(H,20,23)(H,21,22). The molecule has 1 atom stereocenters. The van der Waals surface area contributed by atoms with E-state index in [1.54, 1.807) is 6.07 Å². The Bertz CT molecular complexity index is 731. The number of carbonyl (C=O) groups is 1. The van der Waals surface area contributed by atoms with Gasteiger partial charge in [-0.05, 0) is 31.0 Å². The van der Waals surface area contributed by atoms with E-state index in [1.165, 1.54) is 12.1 Å². The van der Waals surface area contributed by atoms with Crippen molar-refractivity contribution in [2.24, 2.45) is 5.73 Å². The fourth-order valence-electron chi connectivity index (χ4n) is 2.73. The summed E-state index contributed by atoms with van der Waals surface area (Å²) in [4.78, 5) is 19.5. The van der Waals surface area contributed by atoms with E-state index < -0.39 is 5.82 Å². The Morgan fingerprint density at radius 3 is 2.96 bits per heavy atom. The number of nitrogens with one attached hydrogen (secondary N) is 2. The van der Waals surface area contributed by atoms with Crippen molar-refractivity contribution in [2.45, 2.75) is 38.1 Å². The molecule has 0 radical (unpaired) electrons. The fourth-order valence-corrected chi connectivity index (χ4v) is 2.97. The van der Waals surface area contributed by atoms with E-state index in [0.29, 0.717) is 34.3 Å². The van der Waals surface area contributed by atoms with Crippen LogP contribution < -0.4 is 11.1 Å². The molecule has 122 valence electrons. The highest BCUT2D eigenvalue weighted by Gasteiger charge is 2.19. The first-order valence-electron chi connectivity index (χ1n) is 7.65. The number of anilines is 1. The SMILES string of the molecule is NC1CCCCCC(=O)Nc2cc(F)ccc2-c2nc1[nH]c2Cl. The lowest BCUT2D eigenvalue weighted by molar-refractivity contribution is -0.116. The van der Waals surface area contributed by atoms with Crippen molar-refractivity contribution < 1.29 is 9.18 Å². The van der Waals surface area contributed by atoms with E-state index in [4.69, 9.17) is 17.3 Å². The van der Waals surface area contributed by atoms with Crippen LogP contribution in [0.15, 0.2) is 18.2 Å². The molecule has 2 bridgehead atoms. The first-order valence-corrected chi connectivity index (χ1v) is 8.03. The van der Waals surface area contributed by atoms with Crippen molar-refractivity contribution in [3.05, 3.63) is 35.0 Å². The van der Waals surface area contributed by atoms with Gasteiger partial charge in [0.25, 0.3) is 0 Å². The Morgan fingerprint density at radius 2 is 2.13 bits per heavy atom. The summed E-state index contributed by atoms with van der Waals surface area (Å²) in [5, 5.41) is 3.08. The van der Waals surface area contributed by atoms with Gasteiger partial charge in [-0.3, -0.25) is 4.79 Å².